The lowest BCUT2D eigenvalue weighted by Crippen LogP contribution is -2.34. The quantitative estimate of drug-likeness (QED) is 0.798. The summed E-state index contributed by atoms with van der Waals surface area (Å²) in [6.07, 6.45) is 0.705. The van der Waals surface area contributed by atoms with Gasteiger partial charge < -0.3 is 20.5 Å². The van der Waals surface area contributed by atoms with Crippen molar-refractivity contribution >= 4 is 18.3 Å². The summed E-state index contributed by atoms with van der Waals surface area (Å²) >= 11 is 0. The summed E-state index contributed by atoms with van der Waals surface area (Å²) in [6.45, 7) is 2.73. The molecule has 0 aliphatic heterocycles. The van der Waals surface area contributed by atoms with Crippen molar-refractivity contribution in [3.05, 3.63) is 23.8 Å². The van der Waals surface area contributed by atoms with E-state index >= 15 is 0 Å². The number of methoxy groups -OCH3 is 2. The molecular weight excluding hydrogens is 280 g/mol. The normalized spacial score (nSPS) is 11.2. The molecule has 114 valence electrons. The molecule has 3 N–H and O–H groups in total. The number of benzene rings is 1. The van der Waals surface area contributed by atoms with E-state index in [0.29, 0.717) is 19.5 Å². The van der Waals surface area contributed by atoms with E-state index < -0.39 is 0 Å². The number of nitrogens with two attached hydrogens (primary N) is 1. The fourth-order valence-corrected chi connectivity index (χ4v) is 1.66. The summed E-state index contributed by atoms with van der Waals surface area (Å²) in [5, 5.41) is 2.86. The first-order valence-corrected chi connectivity index (χ1v) is 6.31. The third-order valence-corrected chi connectivity index (χ3v) is 2.99. The van der Waals surface area contributed by atoms with Gasteiger partial charge in [-0.05, 0) is 18.1 Å². The van der Waals surface area contributed by atoms with Crippen LogP contribution in [0.1, 0.15) is 12.5 Å². The Hall–Kier alpha value is -1.46. The number of amides is 1. The Balaban J connectivity index is 0.00000361. The predicted octanol–water partition coefficient (Wildman–Crippen LogP) is 1.38. The van der Waals surface area contributed by atoms with Crippen LogP contribution in [0, 0.1) is 5.92 Å². The largest absolute Gasteiger partial charge is 0.497 e. The Labute approximate surface area is 126 Å². The van der Waals surface area contributed by atoms with Gasteiger partial charge >= 0.3 is 0 Å². The molecule has 5 nitrogen and oxygen atoms in total. The van der Waals surface area contributed by atoms with E-state index in [-0.39, 0.29) is 24.2 Å². The van der Waals surface area contributed by atoms with Gasteiger partial charge in [-0.1, -0.05) is 13.0 Å². The molecule has 0 aromatic heterocycles. The number of carbonyl (C=O) groups excluding carboxylic acids is 1. The van der Waals surface area contributed by atoms with Crippen molar-refractivity contribution in [1.82, 2.24) is 5.32 Å². The Morgan fingerprint density at radius 1 is 1.35 bits per heavy atom. The third kappa shape index (κ3) is 5.27. The van der Waals surface area contributed by atoms with Gasteiger partial charge in [0.15, 0.2) is 0 Å². The molecule has 0 saturated carbocycles. The first kappa shape index (κ1) is 18.5. The molecule has 20 heavy (non-hydrogen) atoms. The Kier molecular flexibility index (Phi) is 8.76. The van der Waals surface area contributed by atoms with Gasteiger partial charge in [0.2, 0.25) is 5.91 Å². The van der Waals surface area contributed by atoms with Crippen molar-refractivity contribution < 1.29 is 14.3 Å². The number of carbonyl (C=O) groups is 1. The topological polar surface area (TPSA) is 73.6 Å². The van der Waals surface area contributed by atoms with Crippen molar-refractivity contribution in [2.24, 2.45) is 11.7 Å². The maximum absolute atomic E-state index is 11.6. The monoisotopic (exact) mass is 302 g/mol. The maximum Gasteiger partial charge on any atom is 0.224 e. The lowest BCUT2D eigenvalue weighted by Gasteiger charge is -2.12. The second kappa shape index (κ2) is 9.44. The van der Waals surface area contributed by atoms with Gasteiger partial charge in [-0.25, -0.2) is 0 Å². The molecule has 0 fully saturated rings. The van der Waals surface area contributed by atoms with Crippen molar-refractivity contribution in [2.45, 2.75) is 13.3 Å². The summed E-state index contributed by atoms with van der Waals surface area (Å²) in [4.78, 5) is 11.6. The average molecular weight is 303 g/mol. The number of hydrogen-bond acceptors (Lipinski definition) is 4. The Morgan fingerprint density at radius 2 is 2.05 bits per heavy atom. The minimum absolute atomic E-state index is 0. The van der Waals surface area contributed by atoms with Gasteiger partial charge in [-0.2, -0.15) is 0 Å². The van der Waals surface area contributed by atoms with Crippen LogP contribution in [-0.2, 0) is 11.2 Å². The molecule has 0 saturated heterocycles. The smallest absolute Gasteiger partial charge is 0.224 e. The second-order valence-corrected chi connectivity index (χ2v) is 4.36. The van der Waals surface area contributed by atoms with Crippen molar-refractivity contribution in [1.29, 1.82) is 0 Å². The van der Waals surface area contributed by atoms with Gasteiger partial charge in [0, 0.05) is 25.1 Å². The number of rotatable bonds is 7. The number of ether oxygens (including phenoxy) is 2. The highest BCUT2D eigenvalue weighted by Gasteiger charge is 2.10. The van der Waals surface area contributed by atoms with Gasteiger partial charge in [0.1, 0.15) is 11.5 Å². The minimum atomic E-state index is -0.155. The number of hydrogen-bond donors (Lipinski definition) is 2. The van der Waals surface area contributed by atoms with Crippen LogP contribution in [0.15, 0.2) is 18.2 Å². The molecule has 0 radical (unpaired) electrons. The molecule has 1 aromatic carbocycles. The fraction of sp³-hybridized carbons (Fsp3) is 0.500. The molecule has 6 heteroatoms. The first-order chi connectivity index (χ1) is 9.12. The summed E-state index contributed by atoms with van der Waals surface area (Å²) in [5.41, 5.74) is 6.47. The summed E-state index contributed by atoms with van der Waals surface area (Å²) < 4.78 is 10.4. The van der Waals surface area contributed by atoms with Crippen LogP contribution in [-0.4, -0.2) is 33.2 Å². The van der Waals surface area contributed by atoms with E-state index in [1.807, 2.05) is 25.1 Å². The molecule has 0 aliphatic carbocycles. The van der Waals surface area contributed by atoms with Crippen LogP contribution in [0.2, 0.25) is 0 Å². The first-order valence-electron chi connectivity index (χ1n) is 6.31. The van der Waals surface area contributed by atoms with E-state index in [2.05, 4.69) is 5.32 Å². The molecule has 0 aliphatic rings. The molecule has 1 aromatic rings. The maximum atomic E-state index is 11.6. The van der Waals surface area contributed by atoms with Crippen LogP contribution in [0.3, 0.4) is 0 Å². The molecule has 1 atom stereocenters. The zero-order chi connectivity index (χ0) is 14.3. The molecule has 0 spiro atoms. The second-order valence-electron chi connectivity index (χ2n) is 4.36. The van der Waals surface area contributed by atoms with Crippen LogP contribution >= 0.6 is 12.4 Å². The highest BCUT2D eigenvalue weighted by molar-refractivity contribution is 5.85. The van der Waals surface area contributed by atoms with Crippen molar-refractivity contribution in [2.75, 3.05) is 27.3 Å². The van der Waals surface area contributed by atoms with Gasteiger partial charge in [-0.3, -0.25) is 4.79 Å². The minimum Gasteiger partial charge on any atom is -0.497 e. The number of halogens is 1. The van der Waals surface area contributed by atoms with Crippen molar-refractivity contribution in [3.63, 3.8) is 0 Å². The lowest BCUT2D eigenvalue weighted by molar-refractivity contribution is -0.124. The SMILES string of the molecule is COc1ccc(CCNC(=O)C(C)CN)c(OC)c1.Cl. The fourth-order valence-electron chi connectivity index (χ4n) is 1.66. The summed E-state index contributed by atoms with van der Waals surface area (Å²) in [6, 6.07) is 5.65. The Morgan fingerprint density at radius 3 is 2.60 bits per heavy atom. The third-order valence-electron chi connectivity index (χ3n) is 2.99. The molecule has 1 rings (SSSR count). The molecule has 1 amide bonds. The van der Waals surface area contributed by atoms with Crippen LogP contribution < -0.4 is 20.5 Å². The average Bonchev–Trinajstić information content (AvgIpc) is 2.46. The highest BCUT2D eigenvalue weighted by Crippen LogP contribution is 2.24. The number of nitrogens with one attached hydrogen (secondary N) is 1. The van der Waals surface area contributed by atoms with Gasteiger partial charge in [0.25, 0.3) is 0 Å². The van der Waals surface area contributed by atoms with Crippen LogP contribution in [0.25, 0.3) is 0 Å². The van der Waals surface area contributed by atoms with E-state index in [1.54, 1.807) is 14.2 Å². The zero-order valence-corrected chi connectivity index (χ0v) is 13.0. The summed E-state index contributed by atoms with van der Waals surface area (Å²) in [5.74, 6) is 1.34. The molecular formula is C14H23ClN2O3. The molecule has 1 unspecified atom stereocenters. The van der Waals surface area contributed by atoms with Crippen LogP contribution in [0.4, 0.5) is 0 Å². The Bertz CT molecular complexity index is 427. The highest BCUT2D eigenvalue weighted by atomic mass is 35.5. The van der Waals surface area contributed by atoms with E-state index in [9.17, 15) is 4.79 Å². The standard InChI is InChI=1S/C14H22N2O3.ClH/c1-10(9-15)14(17)16-7-6-11-4-5-12(18-2)8-13(11)19-3;/h4-5,8,10H,6-7,9,15H2,1-3H3,(H,16,17);1H. The molecule has 0 bridgehead atoms. The van der Waals surface area contributed by atoms with Gasteiger partial charge in [-0.15, -0.1) is 12.4 Å². The van der Waals surface area contributed by atoms with E-state index in [0.717, 1.165) is 17.1 Å². The molecule has 0 heterocycles. The van der Waals surface area contributed by atoms with Gasteiger partial charge in [0.05, 0.1) is 14.2 Å². The van der Waals surface area contributed by atoms with Crippen molar-refractivity contribution in [3.8, 4) is 11.5 Å². The predicted molar refractivity (Wildman–Crippen MR) is 81.7 cm³/mol. The van der Waals surface area contributed by atoms with Crippen LogP contribution in [0.5, 0.6) is 11.5 Å². The zero-order valence-electron chi connectivity index (χ0n) is 12.1. The lowest BCUT2D eigenvalue weighted by atomic mass is 10.1. The van der Waals surface area contributed by atoms with E-state index in [1.165, 1.54) is 0 Å². The summed E-state index contributed by atoms with van der Waals surface area (Å²) in [7, 11) is 3.23. The van der Waals surface area contributed by atoms with E-state index in [4.69, 9.17) is 15.2 Å².